The molecule has 0 aliphatic heterocycles. The van der Waals surface area contributed by atoms with E-state index in [0.717, 1.165) is 16.3 Å². The summed E-state index contributed by atoms with van der Waals surface area (Å²) >= 11 is 5.64. The van der Waals surface area contributed by atoms with Crippen molar-refractivity contribution in [1.82, 2.24) is 0 Å². The second kappa shape index (κ2) is 7.32. The Morgan fingerprint density at radius 2 is 2.06 bits per heavy atom. The molecule has 1 aliphatic rings. The normalized spacial score (nSPS) is 17.0. The number of thioether (sulfide) groups is 1. The molecule has 0 amide bonds. The molecule has 1 fully saturated rings. The lowest BCUT2D eigenvalue weighted by Gasteiger charge is -2.21. The Morgan fingerprint density at radius 3 is 2.82 bits per heavy atom. The molecule has 2 rings (SSSR count). The topological polar surface area (TPSA) is 12.0 Å². The molecule has 1 aliphatic carbocycles. The minimum Gasteiger partial charge on any atom is -0.384 e. The van der Waals surface area contributed by atoms with Gasteiger partial charge in [-0.1, -0.05) is 41.3 Å². The number of hydrogen-bond donors (Lipinski definition) is 1. The van der Waals surface area contributed by atoms with Gasteiger partial charge in [-0.2, -0.15) is 11.8 Å². The first-order valence-corrected chi connectivity index (χ1v) is 8.30. The van der Waals surface area contributed by atoms with Gasteiger partial charge in [-0.05, 0) is 31.0 Å². The Hall–Kier alpha value is -0.150. The van der Waals surface area contributed by atoms with E-state index in [-0.39, 0.29) is 0 Å². The van der Waals surface area contributed by atoms with Gasteiger partial charge in [0, 0.05) is 27.7 Å². The largest absolute Gasteiger partial charge is 0.384 e. The van der Waals surface area contributed by atoms with Crippen LogP contribution in [0.25, 0.3) is 0 Å². The summed E-state index contributed by atoms with van der Waals surface area (Å²) < 4.78 is 1.14. The van der Waals surface area contributed by atoms with Gasteiger partial charge in [0.15, 0.2) is 0 Å². The average molecular weight is 314 g/mol. The van der Waals surface area contributed by atoms with Gasteiger partial charge < -0.3 is 5.32 Å². The van der Waals surface area contributed by atoms with E-state index in [1.54, 1.807) is 0 Å². The lowest BCUT2D eigenvalue weighted by Crippen LogP contribution is -2.12. The van der Waals surface area contributed by atoms with Crippen molar-refractivity contribution in [2.24, 2.45) is 0 Å². The smallest absolute Gasteiger partial charge is 0.0351 e. The van der Waals surface area contributed by atoms with Crippen molar-refractivity contribution in [2.75, 3.05) is 17.6 Å². The van der Waals surface area contributed by atoms with Crippen molar-refractivity contribution in [3.05, 3.63) is 28.7 Å². The third-order valence-corrected chi connectivity index (χ3v) is 5.04. The summed E-state index contributed by atoms with van der Waals surface area (Å²) in [4.78, 5) is 0. The first-order valence-electron chi connectivity index (χ1n) is 6.45. The van der Waals surface area contributed by atoms with E-state index in [9.17, 15) is 0 Å². The highest BCUT2D eigenvalue weighted by Gasteiger charge is 2.12. The predicted molar refractivity (Wildman–Crippen MR) is 82.0 cm³/mol. The molecule has 0 bridgehead atoms. The van der Waals surface area contributed by atoms with Crippen molar-refractivity contribution in [2.45, 2.75) is 37.4 Å². The molecule has 1 N–H and O–H groups in total. The number of rotatable bonds is 5. The number of benzene rings is 1. The molecule has 1 saturated carbocycles. The van der Waals surface area contributed by atoms with Crippen LogP contribution in [-0.4, -0.2) is 17.5 Å². The Bertz CT molecular complexity index is 337. The maximum absolute atomic E-state index is 3.49. The van der Waals surface area contributed by atoms with Crippen LogP contribution in [0.2, 0.25) is 0 Å². The van der Waals surface area contributed by atoms with Gasteiger partial charge in [0.2, 0.25) is 0 Å². The molecule has 3 heteroatoms. The molecule has 1 nitrogen and oxygen atoms in total. The average Bonchev–Trinajstić information content (AvgIpc) is 2.36. The van der Waals surface area contributed by atoms with Crippen molar-refractivity contribution in [1.29, 1.82) is 0 Å². The number of nitrogens with one attached hydrogen (secondary N) is 1. The van der Waals surface area contributed by atoms with Crippen LogP contribution in [0.3, 0.4) is 0 Å². The predicted octanol–water partition coefficient (Wildman–Crippen LogP) is 4.93. The summed E-state index contributed by atoms with van der Waals surface area (Å²) in [7, 11) is 0. The third-order valence-electron chi connectivity index (χ3n) is 3.16. The van der Waals surface area contributed by atoms with Gasteiger partial charge >= 0.3 is 0 Å². The zero-order valence-corrected chi connectivity index (χ0v) is 12.5. The second-order valence-electron chi connectivity index (χ2n) is 4.57. The fourth-order valence-corrected chi connectivity index (χ4v) is 3.87. The van der Waals surface area contributed by atoms with Crippen molar-refractivity contribution in [3.63, 3.8) is 0 Å². The molecule has 0 heterocycles. The minimum absolute atomic E-state index is 0.924. The van der Waals surface area contributed by atoms with Crippen molar-refractivity contribution < 1.29 is 0 Å². The molecule has 94 valence electrons. The maximum atomic E-state index is 3.49. The highest BCUT2D eigenvalue weighted by atomic mass is 79.9. The molecule has 0 aromatic heterocycles. The summed E-state index contributed by atoms with van der Waals surface area (Å²) in [5, 5.41) is 4.40. The number of halogens is 1. The third kappa shape index (κ3) is 4.92. The Morgan fingerprint density at radius 1 is 1.24 bits per heavy atom. The molecule has 0 spiro atoms. The molecule has 0 unspecified atom stereocenters. The standard InChI is InChI=1S/C14H20BrNS/c15-12-5-4-6-13(11-12)16-9-10-17-14-7-2-1-3-8-14/h4-6,11,14,16H,1-3,7-10H2. The number of anilines is 1. The first-order chi connectivity index (χ1) is 8.34. The van der Waals surface area contributed by atoms with E-state index in [0.29, 0.717) is 0 Å². The lowest BCUT2D eigenvalue weighted by atomic mass is 10.0. The lowest BCUT2D eigenvalue weighted by molar-refractivity contribution is 0.516. The van der Waals surface area contributed by atoms with Gasteiger partial charge in [0.1, 0.15) is 0 Å². The molecular weight excluding hydrogens is 294 g/mol. The van der Waals surface area contributed by atoms with Gasteiger partial charge in [0.25, 0.3) is 0 Å². The molecule has 1 aromatic carbocycles. The second-order valence-corrected chi connectivity index (χ2v) is 6.89. The van der Waals surface area contributed by atoms with Gasteiger partial charge in [-0.3, -0.25) is 0 Å². The van der Waals surface area contributed by atoms with Gasteiger partial charge in [0.05, 0.1) is 0 Å². The van der Waals surface area contributed by atoms with E-state index in [1.165, 1.54) is 43.5 Å². The molecular formula is C14H20BrNS. The van der Waals surface area contributed by atoms with E-state index in [4.69, 9.17) is 0 Å². The van der Waals surface area contributed by atoms with Crippen molar-refractivity contribution >= 4 is 33.4 Å². The first kappa shape index (κ1) is 13.3. The fraction of sp³-hybridized carbons (Fsp3) is 0.571. The van der Waals surface area contributed by atoms with Crippen LogP contribution in [0.5, 0.6) is 0 Å². The van der Waals surface area contributed by atoms with Crippen LogP contribution in [-0.2, 0) is 0 Å². The van der Waals surface area contributed by atoms with Crippen LogP contribution in [0.15, 0.2) is 28.7 Å². The molecule has 17 heavy (non-hydrogen) atoms. The van der Waals surface area contributed by atoms with E-state index < -0.39 is 0 Å². The maximum Gasteiger partial charge on any atom is 0.0351 e. The highest BCUT2D eigenvalue weighted by molar-refractivity contribution is 9.10. The summed E-state index contributed by atoms with van der Waals surface area (Å²) in [5.41, 5.74) is 1.21. The van der Waals surface area contributed by atoms with Crippen LogP contribution in [0.4, 0.5) is 5.69 Å². The zero-order valence-electron chi connectivity index (χ0n) is 10.1. The monoisotopic (exact) mass is 313 g/mol. The summed E-state index contributed by atoms with van der Waals surface area (Å²) in [5.74, 6) is 1.22. The van der Waals surface area contributed by atoms with E-state index in [2.05, 4.69) is 57.3 Å². The van der Waals surface area contributed by atoms with Crippen LogP contribution < -0.4 is 5.32 Å². The minimum atomic E-state index is 0.924. The quantitative estimate of drug-likeness (QED) is 0.774. The Kier molecular flexibility index (Phi) is 5.72. The molecule has 1 aromatic rings. The summed E-state index contributed by atoms with van der Waals surface area (Å²) in [6, 6.07) is 8.38. The van der Waals surface area contributed by atoms with Crippen LogP contribution in [0, 0.1) is 0 Å². The Labute approximate surface area is 117 Å². The summed E-state index contributed by atoms with van der Waals surface area (Å²) in [6.45, 7) is 1.07. The highest BCUT2D eigenvalue weighted by Crippen LogP contribution is 2.28. The van der Waals surface area contributed by atoms with Gasteiger partial charge in [-0.25, -0.2) is 0 Å². The van der Waals surface area contributed by atoms with Crippen LogP contribution in [0.1, 0.15) is 32.1 Å². The van der Waals surface area contributed by atoms with E-state index in [1.807, 2.05) is 0 Å². The van der Waals surface area contributed by atoms with Gasteiger partial charge in [-0.15, -0.1) is 0 Å². The van der Waals surface area contributed by atoms with Crippen LogP contribution >= 0.6 is 27.7 Å². The molecule has 0 saturated heterocycles. The SMILES string of the molecule is Brc1cccc(NCCSC2CCCCC2)c1. The Balaban J connectivity index is 1.62. The van der Waals surface area contributed by atoms with E-state index >= 15 is 0 Å². The fourth-order valence-electron chi connectivity index (χ4n) is 2.25. The molecule has 0 radical (unpaired) electrons. The summed E-state index contributed by atoms with van der Waals surface area (Å²) in [6.07, 6.45) is 7.20. The van der Waals surface area contributed by atoms with Crippen molar-refractivity contribution in [3.8, 4) is 0 Å². The zero-order chi connectivity index (χ0) is 11.9. The number of hydrogen-bond acceptors (Lipinski definition) is 2. The molecule has 0 atom stereocenters.